The van der Waals surface area contributed by atoms with Crippen LogP contribution in [0.2, 0.25) is 10.0 Å². The first-order chi connectivity index (χ1) is 11.1. The Labute approximate surface area is 154 Å². The van der Waals surface area contributed by atoms with E-state index in [0.29, 0.717) is 10.0 Å². The molecular weight excluding hydrogens is 371 g/mol. The quantitative estimate of drug-likeness (QED) is 0.808. The monoisotopic (exact) mass is 388 g/mol. The number of aliphatic imine (C=N–C) groups is 1. The molecule has 1 heterocycles. The lowest BCUT2D eigenvalue weighted by Gasteiger charge is -2.30. The Morgan fingerprint density at radius 1 is 1.38 bits per heavy atom. The van der Waals surface area contributed by atoms with E-state index >= 15 is 0 Å². The molecule has 1 aromatic rings. The van der Waals surface area contributed by atoms with Crippen LogP contribution >= 0.6 is 35.0 Å². The van der Waals surface area contributed by atoms with E-state index in [4.69, 9.17) is 33.3 Å². The van der Waals surface area contributed by atoms with Gasteiger partial charge in [0.15, 0.2) is 0 Å². The minimum atomic E-state index is -1.08. The third kappa shape index (κ3) is 4.05. The maximum atomic E-state index is 12.4. The summed E-state index contributed by atoms with van der Waals surface area (Å²) in [5.74, 6) is -1.42. The molecule has 2 atom stereocenters. The number of carbonyl (C=O) groups excluding carboxylic acids is 1. The van der Waals surface area contributed by atoms with E-state index in [1.165, 1.54) is 0 Å². The molecular formula is C16H18Cl2N2O3S. The topological polar surface area (TPSA) is 78.8 Å². The number of carbonyl (C=O) groups is 2. The molecule has 0 saturated heterocycles. The number of nitrogens with zero attached hydrogens (tertiary/aromatic N) is 1. The van der Waals surface area contributed by atoms with Crippen LogP contribution in [0.3, 0.4) is 0 Å². The second-order valence-electron chi connectivity index (χ2n) is 6.12. The Bertz CT molecular complexity index is 707. The summed E-state index contributed by atoms with van der Waals surface area (Å²) >= 11 is 13.7. The lowest BCUT2D eigenvalue weighted by molar-refractivity contribution is -0.139. The highest BCUT2D eigenvalue weighted by molar-refractivity contribution is 8.15. The maximum absolute atomic E-state index is 12.4. The minimum absolute atomic E-state index is 0.0531. The number of carboxylic acids is 1. The van der Waals surface area contributed by atoms with Crippen molar-refractivity contribution >= 4 is 51.9 Å². The van der Waals surface area contributed by atoms with Gasteiger partial charge < -0.3 is 10.4 Å². The number of benzene rings is 1. The Kier molecular flexibility index (Phi) is 5.83. The smallest absolute Gasteiger partial charge is 0.322 e. The predicted molar refractivity (Wildman–Crippen MR) is 98.3 cm³/mol. The van der Waals surface area contributed by atoms with E-state index in [1.807, 2.05) is 13.0 Å². The van der Waals surface area contributed by atoms with Gasteiger partial charge in [-0.05, 0) is 32.0 Å². The number of hydrogen-bond donors (Lipinski definition) is 2. The van der Waals surface area contributed by atoms with Gasteiger partial charge in [-0.15, -0.1) is 11.8 Å². The molecule has 0 fully saturated rings. The van der Waals surface area contributed by atoms with Gasteiger partial charge >= 0.3 is 5.97 Å². The Hall–Kier alpha value is -1.24. The molecule has 1 aliphatic rings. The zero-order valence-corrected chi connectivity index (χ0v) is 15.8. The molecule has 1 amide bonds. The lowest BCUT2D eigenvalue weighted by Crippen LogP contribution is -2.47. The molecule has 2 unspecified atom stereocenters. The van der Waals surface area contributed by atoms with Crippen molar-refractivity contribution in [1.82, 2.24) is 5.32 Å². The van der Waals surface area contributed by atoms with Crippen LogP contribution in [0.15, 0.2) is 23.2 Å². The number of aliphatic carboxylic acids is 1. The summed E-state index contributed by atoms with van der Waals surface area (Å²) in [7, 11) is 0. The number of nitrogens with one attached hydrogen (secondary N) is 1. The van der Waals surface area contributed by atoms with E-state index in [-0.39, 0.29) is 17.2 Å². The second-order valence-corrected chi connectivity index (χ2v) is 8.33. The molecule has 0 bridgehead atoms. The highest BCUT2D eigenvalue weighted by Crippen LogP contribution is 2.40. The molecule has 5 nitrogen and oxygen atoms in total. The molecule has 130 valence electrons. The number of carboxylic acid groups (broad SMARTS) is 1. The summed E-state index contributed by atoms with van der Waals surface area (Å²) in [6.45, 7) is 5.11. The fraction of sp³-hybridized carbons (Fsp3) is 0.438. The van der Waals surface area contributed by atoms with Crippen LogP contribution in [-0.4, -0.2) is 39.9 Å². The molecule has 1 aromatic carbocycles. The van der Waals surface area contributed by atoms with Crippen molar-refractivity contribution in [2.75, 3.05) is 6.54 Å². The van der Waals surface area contributed by atoms with Gasteiger partial charge in [0.2, 0.25) is 5.91 Å². The van der Waals surface area contributed by atoms with Crippen molar-refractivity contribution in [3.05, 3.63) is 33.8 Å². The van der Waals surface area contributed by atoms with E-state index in [9.17, 15) is 9.59 Å². The lowest BCUT2D eigenvalue weighted by atomic mass is 9.82. The van der Waals surface area contributed by atoms with Crippen LogP contribution in [0.1, 0.15) is 26.3 Å². The first-order valence-corrected chi connectivity index (χ1v) is 8.96. The standard InChI is InChI=1S/C16H18Cl2N2O3S/c1-8-13(16(2,3)15(23)19-7-12(21)22)20-14(24-8)10-5-4-9(17)6-11(10)18/h4-6,8,13H,7H2,1-3H3,(H,19,23)(H,21,22). The zero-order valence-electron chi connectivity index (χ0n) is 13.5. The molecule has 0 aliphatic carbocycles. The Morgan fingerprint density at radius 2 is 2.04 bits per heavy atom. The van der Waals surface area contributed by atoms with Gasteiger partial charge in [0, 0.05) is 15.8 Å². The Morgan fingerprint density at radius 3 is 2.62 bits per heavy atom. The summed E-state index contributed by atoms with van der Waals surface area (Å²) in [6.07, 6.45) is 0. The van der Waals surface area contributed by atoms with Crippen LogP contribution in [0, 0.1) is 5.41 Å². The summed E-state index contributed by atoms with van der Waals surface area (Å²) in [4.78, 5) is 27.7. The molecule has 2 N–H and O–H groups in total. The van der Waals surface area contributed by atoms with Crippen molar-refractivity contribution in [3.8, 4) is 0 Å². The molecule has 0 spiro atoms. The molecule has 8 heteroatoms. The Balaban J connectivity index is 2.25. The van der Waals surface area contributed by atoms with E-state index in [1.54, 1.807) is 37.7 Å². The predicted octanol–water partition coefficient (Wildman–Crippen LogP) is 3.47. The van der Waals surface area contributed by atoms with E-state index < -0.39 is 17.9 Å². The number of amides is 1. The number of hydrogen-bond acceptors (Lipinski definition) is 4. The molecule has 0 aromatic heterocycles. The zero-order chi connectivity index (χ0) is 18.1. The van der Waals surface area contributed by atoms with Gasteiger partial charge in [-0.2, -0.15) is 0 Å². The fourth-order valence-electron chi connectivity index (χ4n) is 2.56. The highest BCUT2D eigenvalue weighted by Gasteiger charge is 2.44. The summed E-state index contributed by atoms with van der Waals surface area (Å²) in [5, 5.41) is 13.0. The van der Waals surface area contributed by atoms with Crippen LogP contribution in [-0.2, 0) is 9.59 Å². The van der Waals surface area contributed by atoms with E-state index in [0.717, 1.165) is 10.6 Å². The van der Waals surface area contributed by atoms with Crippen molar-refractivity contribution in [2.24, 2.45) is 10.4 Å². The van der Waals surface area contributed by atoms with Crippen LogP contribution in [0.4, 0.5) is 0 Å². The highest BCUT2D eigenvalue weighted by atomic mass is 35.5. The molecule has 24 heavy (non-hydrogen) atoms. The van der Waals surface area contributed by atoms with Crippen molar-refractivity contribution in [3.63, 3.8) is 0 Å². The van der Waals surface area contributed by atoms with Crippen LogP contribution in [0.5, 0.6) is 0 Å². The molecule has 1 aliphatic heterocycles. The van der Waals surface area contributed by atoms with Crippen molar-refractivity contribution < 1.29 is 14.7 Å². The van der Waals surface area contributed by atoms with Crippen LogP contribution in [0.25, 0.3) is 0 Å². The van der Waals surface area contributed by atoms with Gasteiger partial charge in [0.1, 0.15) is 6.54 Å². The third-order valence-electron chi connectivity index (χ3n) is 3.88. The molecule has 2 rings (SSSR count). The minimum Gasteiger partial charge on any atom is -0.480 e. The van der Waals surface area contributed by atoms with Gasteiger partial charge in [-0.1, -0.05) is 30.1 Å². The average molecular weight is 389 g/mol. The number of halogens is 2. The molecule has 0 radical (unpaired) electrons. The average Bonchev–Trinajstić information content (AvgIpc) is 2.86. The maximum Gasteiger partial charge on any atom is 0.322 e. The third-order valence-corrected chi connectivity index (χ3v) is 5.61. The van der Waals surface area contributed by atoms with Gasteiger partial charge in [-0.25, -0.2) is 0 Å². The summed E-state index contributed by atoms with van der Waals surface area (Å²) in [6, 6.07) is 4.92. The van der Waals surface area contributed by atoms with Gasteiger partial charge in [0.05, 0.1) is 21.5 Å². The summed E-state index contributed by atoms with van der Waals surface area (Å²) in [5.41, 5.74) is -0.0649. The van der Waals surface area contributed by atoms with Gasteiger partial charge in [0.25, 0.3) is 0 Å². The number of rotatable bonds is 5. The fourth-order valence-corrected chi connectivity index (χ4v) is 4.48. The molecule has 0 saturated carbocycles. The number of thioether (sulfide) groups is 1. The first kappa shape index (κ1) is 19.1. The van der Waals surface area contributed by atoms with Crippen molar-refractivity contribution in [2.45, 2.75) is 32.1 Å². The van der Waals surface area contributed by atoms with E-state index in [2.05, 4.69) is 5.32 Å². The SMILES string of the molecule is CC1SC(c2ccc(Cl)cc2Cl)=NC1C(C)(C)C(=O)NCC(=O)O. The van der Waals surface area contributed by atoms with Crippen LogP contribution < -0.4 is 5.32 Å². The first-order valence-electron chi connectivity index (χ1n) is 7.33. The van der Waals surface area contributed by atoms with Gasteiger partial charge in [-0.3, -0.25) is 14.6 Å². The second kappa shape index (κ2) is 7.33. The largest absolute Gasteiger partial charge is 0.480 e. The normalized spacial score (nSPS) is 20.6. The summed E-state index contributed by atoms with van der Waals surface area (Å²) < 4.78 is 0. The van der Waals surface area contributed by atoms with Crippen molar-refractivity contribution in [1.29, 1.82) is 0 Å².